The van der Waals surface area contributed by atoms with Gasteiger partial charge in [0.05, 0.1) is 0 Å². The highest BCUT2D eigenvalue weighted by Gasteiger charge is 2.10. The van der Waals surface area contributed by atoms with Gasteiger partial charge in [0, 0.05) is 24.5 Å². The number of nitrogens with one attached hydrogen (secondary N) is 1. The van der Waals surface area contributed by atoms with Crippen molar-refractivity contribution in [1.82, 2.24) is 10.3 Å². The van der Waals surface area contributed by atoms with Gasteiger partial charge in [-0.25, -0.2) is 0 Å². The molecular weight excluding hydrogens is 244 g/mol. The number of fused-ring (bicyclic) bond motifs is 1. The van der Waals surface area contributed by atoms with E-state index >= 15 is 0 Å². The van der Waals surface area contributed by atoms with Crippen molar-refractivity contribution in [3.05, 3.63) is 53.3 Å². The Morgan fingerprint density at radius 1 is 1.00 bits per heavy atom. The van der Waals surface area contributed by atoms with Gasteiger partial charge in [0.1, 0.15) is 0 Å². The van der Waals surface area contributed by atoms with Gasteiger partial charge >= 0.3 is 0 Å². The molecule has 0 radical (unpaired) electrons. The quantitative estimate of drug-likeness (QED) is 0.912. The highest BCUT2D eigenvalue weighted by molar-refractivity contribution is 5.64. The van der Waals surface area contributed by atoms with Crippen molar-refractivity contribution in [3.8, 4) is 11.1 Å². The minimum absolute atomic E-state index is 0.891. The summed E-state index contributed by atoms with van der Waals surface area (Å²) in [5.41, 5.74) is 6.86. The second-order valence-electron chi connectivity index (χ2n) is 5.55. The molecule has 1 N–H and O–H groups in total. The minimum atomic E-state index is 0.891. The maximum absolute atomic E-state index is 4.39. The van der Waals surface area contributed by atoms with Crippen LogP contribution in [0, 0.1) is 0 Å². The van der Waals surface area contributed by atoms with E-state index in [9.17, 15) is 0 Å². The molecule has 0 spiro atoms. The standard InChI is InChI=1S/C18H22N2/c1-2-19-11-14-9-18(13-20-12-14)17-8-7-15-5-3-4-6-16(15)10-17/h7-10,12-13,19H,2-6,11H2,1H3. The molecule has 0 fully saturated rings. The fourth-order valence-electron chi connectivity index (χ4n) is 2.92. The molecule has 3 rings (SSSR count). The lowest BCUT2D eigenvalue weighted by Crippen LogP contribution is -2.11. The largest absolute Gasteiger partial charge is 0.313 e. The summed E-state index contributed by atoms with van der Waals surface area (Å²) < 4.78 is 0. The Bertz CT molecular complexity index is 590. The Kier molecular flexibility index (Phi) is 4.12. The molecule has 0 saturated carbocycles. The number of aromatic nitrogens is 1. The zero-order chi connectivity index (χ0) is 13.8. The lowest BCUT2D eigenvalue weighted by Gasteiger charge is -2.16. The van der Waals surface area contributed by atoms with Gasteiger partial charge in [-0.2, -0.15) is 0 Å². The lowest BCUT2D eigenvalue weighted by molar-refractivity contribution is 0.686. The number of aryl methyl sites for hydroxylation is 2. The van der Waals surface area contributed by atoms with Crippen LogP contribution in [0.1, 0.15) is 36.5 Å². The molecule has 1 heterocycles. The molecular formula is C18H22N2. The molecule has 1 aliphatic rings. The number of benzene rings is 1. The van der Waals surface area contributed by atoms with Crippen LogP contribution in [0.15, 0.2) is 36.7 Å². The van der Waals surface area contributed by atoms with E-state index in [1.165, 1.54) is 53.5 Å². The van der Waals surface area contributed by atoms with Gasteiger partial charge in [0.2, 0.25) is 0 Å². The van der Waals surface area contributed by atoms with Crippen LogP contribution in [-0.4, -0.2) is 11.5 Å². The molecule has 0 saturated heterocycles. The Balaban J connectivity index is 1.88. The molecule has 0 aliphatic heterocycles. The summed E-state index contributed by atoms with van der Waals surface area (Å²) in [6, 6.07) is 9.17. The lowest BCUT2D eigenvalue weighted by atomic mass is 9.89. The molecule has 0 bridgehead atoms. The van der Waals surface area contributed by atoms with Gasteiger partial charge in [-0.05, 0) is 60.5 Å². The molecule has 2 aromatic rings. The number of hydrogen-bond acceptors (Lipinski definition) is 2. The average Bonchev–Trinajstić information content (AvgIpc) is 2.53. The summed E-state index contributed by atoms with van der Waals surface area (Å²) in [5.74, 6) is 0. The van der Waals surface area contributed by atoms with Crippen LogP contribution >= 0.6 is 0 Å². The summed E-state index contributed by atoms with van der Waals surface area (Å²) >= 11 is 0. The van der Waals surface area contributed by atoms with E-state index in [2.05, 4.69) is 41.5 Å². The van der Waals surface area contributed by atoms with E-state index < -0.39 is 0 Å². The number of hydrogen-bond donors (Lipinski definition) is 1. The van der Waals surface area contributed by atoms with Crippen LogP contribution in [0.3, 0.4) is 0 Å². The first-order valence-electron chi connectivity index (χ1n) is 7.63. The van der Waals surface area contributed by atoms with Crippen molar-refractivity contribution in [2.75, 3.05) is 6.54 Å². The topological polar surface area (TPSA) is 24.9 Å². The van der Waals surface area contributed by atoms with Crippen LogP contribution in [0.4, 0.5) is 0 Å². The zero-order valence-electron chi connectivity index (χ0n) is 12.2. The summed E-state index contributed by atoms with van der Waals surface area (Å²) in [4.78, 5) is 4.39. The van der Waals surface area contributed by atoms with Gasteiger partial charge in [-0.1, -0.05) is 25.1 Å². The Morgan fingerprint density at radius 2 is 1.85 bits per heavy atom. The third-order valence-corrected chi connectivity index (χ3v) is 4.06. The Hall–Kier alpha value is -1.67. The first-order valence-corrected chi connectivity index (χ1v) is 7.63. The number of nitrogens with zero attached hydrogens (tertiary/aromatic N) is 1. The van der Waals surface area contributed by atoms with E-state index in [-0.39, 0.29) is 0 Å². The van der Waals surface area contributed by atoms with Crippen molar-refractivity contribution in [1.29, 1.82) is 0 Å². The molecule has 104 valence electrons. The van der Waals surface area contributed by atoms with Crippen LogP contribution in [-0.2, 0) is 19.4 Å². The molecule has 0 amide bonds. The maximum Gasteiger partial charge on any atom is 0.0346 e. The molecule has 1 aliphatic carbocycles. The smallest absolute Gasteiger partial charge is 0.0346 e. The fourth-order valence-corrected chi connectivity index (χ4v) is 2.92. The SMILES string of the molecule is CCNCc1cncc(-c2ccc3c(c2)CCCC3)c1. The van der Waals surface area contributed by atoms with E-state index in [0.717, 1.165) is 13.1 Å². The minimum Gasteiger partial charge on any atom is -0.313 e. The van der Waals surface area contributed by atoms with Gasteiger partial charge in [0.25, 0.3) is 0 Å². The maximum atomic E-state index is 4.39. The van der Waals surface area contributed by atoms with Crippen LogP contribution < -0.4 is 5.32 Å². The molecule has 0 atom stereocenters. The van der Waals surface area contributed by atoms with Gasteiger partial charge < -0.3 is 5.32 Å². The van der Waals surface area contributed by atoms with E-state index in [4.69, 9.17) is 0 Å². The first-order chi connectivity index (χ1) is 9.86. The average molecular weight is 266 g/mol. The predicted molar refractivity (Wildman–Crippen MR) is 83.7 cm³/mol. The van der Waals surface area contributed by atoms with E-state index in [1.54, 1.807) is 0 Å². The van der Waals surface area contributed by atoms with Crippen molar-refractivity contribution < 1.29 is 0 Å². The highest BCUT2D eigenvalue weighted by Crippen LogP contribution is 2.27. The second-order valence-corrected chi connectivity index (χ2v) is 5.55. The van der Waals surface area contributed by atoms with Gasteiger partial charge in [-0.15, -0.1) is 0 Å². The Labute approximate surface area is 121 Å². The Morgan fingerprint density at radius 3 is 2.70 bits per heavy atom. The molecule has 1 aromatic heterocycles. The van der Waals surface area contributed by atoms with Crippen LogP contribution in [0.2, 0.25) is 0 Å². The van der Waals surface area contributed by atoms with Gasteiger partial charge in [0.15, 0.2) is 0 Å². The van der Waals surface area contributed by atoms with E-state index in [1.807, 2.05) is 12.4 Å². The normalized spacial score (nSPS) is 14.1. The molecule has 2 nitrogen and oxygen atoms in total. The van der Waals surface area contributed by atoms with Crippen LogP contribution in [0.25, 0.3) is 11.1 Å². The van der Waals surface area contributed by atoms with Gasteiger partial charge in [-0.3, -0.25) is 4.98 Å². The summed E-state index contributed by atoms with van der Waals surface area (Å²) in [7, 11) is 0. The third-order valence-electron chi connectivity index (χ3n) is 4.06. The molecule has 0 unspecified atom stereocenters. The van der Waals surface area contributed by atoms with E-state index in [0.29, 0.717) is 0 Å². The molecule has 1 aromatic carbocycles. The van der Waals surface area contributed by atoms with Crippen molar-refractivity contribution in [3.63, 3.8) is 0 Å². The zero-order valence-corrected chi connectivity index (χ0v) is 12.2. The predicted octanol–water partition coefficient (Wildman–Crippen LogP) is 3.74. The summed E-state index contributed by atoms with van der Waals surface area (Å²) in [5, 5.41) is 3.35. The van der Waals surface area contributed by atoms with Crippen molar-refractivity contribution in [2.45, 2.75) is 39.2 Å². The second kappa shape index (κ2) is 6.19. The number of pyridine rings is 1. The summed E-state index contributed by atoms with van der Waals surface area (Å²) in [6.45, 7) is 4.01. The van der Waals surface area contributed by atoms with Crippen LogP contribution in [0.5, 0.6) is 0 Å². The van der Waals surface area contributed by atoms with Crippen molar-refractivity contribution >= 4 is 0 Å². The monoisotopic (exact) mass is 266 g/mol. The molecule has 2 heteroatoms. The van der Waals surface area contributed by atoms with Crippen molar-refractivity contribution in [2.24, 2.45) is 0 Å². The summed E-state index contributed by atoms with van der Waals surface area (Å²) in [6.07, 6.45) is 9.06. The number of rotatable bonds is 4. The fraction of sp³-hybridized carbons (Fsp3) is 0.389. The first kappa shape index (κ1) is 13.3. The third kappa shape index (κ3) is 2.91. The highest BCUT2D eigenvalue weighted by atomic mass is 14.8. The molecule has 20 heavy (non-hydrogen) atoms.